The van der Waals surface area contributed by atoms with Crippen molar-refractivity contribution >= 4 is 62.2 Å². The molecule has 128 valence electrons. The largest absolute Gasteiger partial charge is 0.493 e. The zero-order valence-corrected chi connectivity index (χ0v) is 16.2. The summed E-state index contributed by atoms with van der Waals surface area (Å²) in [6.45, 7) is 2.73. The van der Waals surface area contributed by atoms with Crippen molar-refractivity contribution in [2.24, 2.45) is 0 Å². The summed E-state index contributed by atoms with van der Waals surface area (Å²) in [5, 5.41) is 8.70. The van der Waals surface area contributed by atoms with E-state index in [2.05, 4.69) is 15.9 Å². The average Bonchev–Trinajstić information content (AvgIpc) is 2.77. The first kappa shape index (κ1) is 19.0. The van der Waals surface area contributed by atoms with Gasteiger partial charge in [0.05, 0.1) is 11.5 Å². The number of hydrogen-bond donors (Lipinski definition) is 1. The predicted molar refractivity (Wildman–Crippen MR) is 102 cm³/mol. The molecule has 0 unspecified atom stereocenters. The van der Waals surface area contributed by atoms with Gasteiger partial charge in [0.2, 0.25) is 0 Å². The lowest BCUT2D eigenvalue weighted by Crippen LogP contribution is -2.29. The smallest absolute Gasteiger partial charge is 0.303 e. The van der Waals surface area contributed by atoms with Crippen LogP contribution < -0.4 is 4.74 Å². The molecule has 0 radical (unpaired) electrons. The van der Waals surface area contributed by atoms with Crippen molar-refractivity contribution in [3.63, 3.8) is 0 Å². The second-order valence-corrected chi connectivity index (χ2v) is 7.54. The number of hydrogen-bond acceptors (Lipinski definition) is 5. The molecule has 8 heteroatoms. The SMILES string of the molecule is CCOc1ccc(Br)cc1/C=C1\SC(=S)N(CCCC(=O)O)C1=O. The zero-order valence-electron chi connectivity index (χ0n) is 13.0. The quantitative estimate of drug-likeness (QED) is 0.523. The summed E-state index contributed by atoms with van der Waals surface area (Å²) in [5.41, 5.74) is 0.789. The normalized spacial score (nSPS) is 16.1. The van der Waals surface area contributed by atoms with E-state index >= 15 is 0 Å². The molecule has 0 spiro atoms. The van der Waals surface area contributed by atoms with Crippen LogP contribution in [-0.4, -0.2) is 39.4 Å². The number of rotatable bonds is 7. The molecule has 24 heavy (non-hydrogen) atoms. The number of thiocarbonyl (C=S) groups is 1. The molecular weight excluding hydrogens is 414 g/mol. The topological polar surface area (TPSA) is 66.8 Å². The first-order valence-electron chi connectivity index (χ1n) is 7.32. The molecule has 1 aromatic carbocycles. The van der Waals surface area contributed by atoms with Gasteiger partial charge in [-0.3, -0.25) is 14.5 Å². The Morgan fingerprint density at radius 1 is 1.50 bits per heavy atom. The summed E-state index contributed by atoms with van der Waals surface area (Å²) < 4.78 is 6.92. The maximum Gasteiger partial charge on any atom is 0.303 e. The molecule has 1 amide bonds. The van der Waals surface area contributed by atoms with E-state index in [1.54, 1.807) is 6.08 Å². The van der Waals surface area contributed by atoms with Gasteiger partial charge in [-0.15, -0.1) is 0 Å². The minimum atomic E-state index is -0.883. The summed E-state index contributed by atoms with van der Waals surface area (Å²) in [4.78, 5) is 25.1. The maximum atomic E-state index is 12.5. The van der Waals surface area contributed by atoms with Crippen molar-refractivity contribution in [3.8, 4) is 5.75 Å². The number of halogens is 1. The third kappa shape index (κ3) is 4.81. The molecule has 1 fully saturated rings. The highest BCUT2D eigenvalue weighted by molar-refractivity contribution is 9.10. The fourth-order valence-corrected chi connectivity index (χ4v) is 3.82. The molecular formula is C16H16BrNO4S2. The lowest BCUT2D eigenvalue weighted by atomic mass is 10.2. The molecule has 1 N–H and O–H groups in total. The standard InChI is InChI=1S/C16H16BrNO4S2/c1-2-22-12-6-5-11(17)8-10(12)9-13-15(21)18(16(23)24-13)7-3-4-14(19)20/h5-6,8-9H,2-4,7H2,1H3,(H,19,20)/b13-9-. The lowest BCUT2D eigenvalue weighted by Gasteiger charge is -2.13. The Balaban J connectivity index is 2.19. The average molecular weight is 430 g/mol. The summed E-state index contributed by atoms with van der Waals surface area (Å²) in [5.74, 6) is -0.388. The molecule has 0 atom stereocenters. The Morgan fingerprint density at radius 2 is 2.25 bits per heavy atom. The van der Waals surface area contributed by atoms with Crippen LogP contribution in [0.4, 0.5) is 0 Å². The lowest BCUT2D eigenvalue weighted by molar-refractivity contribution is -0.137. The predicted octanol–water partition coefficient (Wildman–Crippen LogP) is 3.91. The van der Waals surface area contributed by atoms with Crippen molar-refractivity contribution in [2.45, 2.75) is 19.8 Å². The van der Waals surface area contributed by atoms with E-state index in [4.69, 9.17) is 22.1 Å². The highest BCUT2D eigenvalue weighted by Crippen LogP contribution is 2.35. The summed E-state index contributed by atoms with van der Waals surface area (Å²) >= 11 is 9.87. The number of carbonyl (C=O) groups is 2. The number of benzene rings is 1. The zero-order chi connectivity index (χ0) is 17.7. The minimum absolute atomic E-state index is 0.0101. The van der Waals surface area contributed by atoms with Gasteiger partial charge in [0.1, 0.15) is 10.1 Å². The van der Waals surface area contributed by atoms with E-state index < -0.39 is 5.97 Å². The Morgan fingerprint density at radius 3 is 2.92 bits per heavy atom. The Kier molecular flexibility index (Phi) is 6.82. The van der Waals surface area contributed by atoms with Crippen LogP contribution in [0.2, 0.25) is 0 Å². The maximum absolute atomic E-state index is 12.5. The van der Waals surface area contributed by atoms with Gasteiger partial charge in [-0.2, -0.15) is 0 Å². The van der Waals surface area contributed by atoms with Gasteiger partial charge >= 0.3 is 5.97 Å². The number of nitrogens with zero attached hydrogens (tertiary/aromatic N) is 1. The first-order chi connectivity index (χ1) is 11.4. The molecule has 1 aromatic rings. The number of amides is 1. The van der Waals surface area contributed by atoms with Crippen LogP contribution in [0.25, 0.3) is 6.08 Å². The molecule has 1 saturated heterocycles. The van der Waals surface area contributed by atoms with Gasteiger partial charge in [-0.25, -0.2) is 0 Å². The molecule has 0 bridgehead atoms. The van der Waals surface area contributed by atoms with Crippen molar-refractivity contribution in [1.82, 2.24) is 4.90 Å². The Bertz CT molecular complexity index is 705. The van der Waals surface area contributed by atoms with E-state index in [1.165, 1.54) is 16.7 Å². The van der Waals surface area contributed by atoms with E-state index in [0.717, 1.165) is 10.0 Å². The van der Waals surface area contributed by atoms with Crippen LogP contribution in [-0.2, 0) is 9.59 Å². The molecule has 0 aliphatic carbocycles. The van der Waals surface area contributed by atoms with Gasteiger partial charge in [-0.05, 0) is 37.6 Å². The molecule has 5 nitrogen and oxygen atoms in total. The van der Waals surface area contributed by atoms with Gasteiger partial charge in [-0.1, -0.05) is 39.9 Å². The summed E-state index contributed by atoms with van der Waals surface area (Å²) in [6.07, 6.45) is 2.14. The van der Waals surface area contributed by atoms with Gasteiger partial charge in [0.25, 0.3) is 5.91 Å². The number of aliphatic carboxylic acids is 1. The number of carboxylic acids is 1. The van der Waals surface area contributed by atoms with Crippen LogP contribution in [0, 0.1) is 0 Å². The van der Waals surface area contributed by atoms with E-state index in [1.807, 2.05) is 25.1 Å². The van der Waals surface area contributed by atoms with Gasteiger partial charge in [0, 0.05) is 23.0 Å². The van der Waals surface area contributed by atoms with Gasteiger partial charge in [0.15, 0.2) is 0 Å². The second-order valence-electron chi connectivity index (χ2n) is 4.95. The number of carboxylic acid groups (broad SMARTS) is 1. The molecule has 2 rings (SSSR count). The molecule has 0 aromatic heterocycles. The second kappa shape index (κ2) is 8.64. The van der Waals surface area contributed by atoms with Crippen LogP contribution >= 0.6 is 39.9 Å². The van der Waals surface area contributed by atoms with Gasteiger partial charge < -0.3 is 9.84 Å². The van der Waals surface area contributed by atoms with Crippen molar-refractivity contribution in [2.75, 3.05) is 13.2 Å². The fourth-order valence-electron chi connectivity index (χ4n) is 2.14. The van der Waals surface area contributed by atoms with Crippen LogP contribution in [0.5, 0.6) is 5.75 Å². The molecule has 1 aliphatic heterocycles. The highest BCUT2D eigenvalue weighted by atomic mass is 79.9. The first-order valence-corrected chi connectivity index (χ1v) is 9.33. The molecule has 1 aliphatic rings. The summed E-state index contributed by atoms with van der Waals surface area (Å²) in [6, 6.07) is 5.59. The number of ether oxygens (including phenoxy) is 1. The monoisotopic (exact) mass is 429 g/mol. The van der Waals surface area contributed by atoms with Crippen LogP contribution in [0.1, 0.15) is 25.3 Å². The minimum Gasteiger partial charge on any atom is -0.493 e. The van der Waals surface area contributed by atoms with Crippen LogP contribution in [0.3, 0.4) is 0 Å². The summed E-state index contributed by atoms with van der Waals surface area (Å²) in [7, 11) is 0. The van der Waals surface area contributed by atoms with Crippen molar-refractivity contribution in [3.05, 3.63) is 33.1 Å². The Hall–Kier alpha value is -1.38. The molecule has 1 heterocycles. The fraction of sp³-hybridized carbons (Fsp3) is 0.312. The molecule has 0 saturated carbocycles. The van der Waals surface area contributed by atoms with Crippen LogP contribution in [0.15, 0.2) is 27.6 Å². The number of thioether (sulfide) groups is 1. The van der Waals surface area contributed by atoms with E-state index in [-0.39, 0.29) is 12.3 Å². The third-order valence-corrected chi connectivity index (χ3v) is 5.08. The van der Waals surface area contributed by atoms with E-state index in [9.17, 15) is 9.59 Å². The highest BCUT2D eigenvalue weighted by Gasteiger charge is 2.31. The van der Waals surface area contributed by atoms with Crippen molar-refractivity contribution < 1.29 is 19.4 Å². The Labute approximate surface area is 158 Å². The van der Waals surface area contributed by atoms with E-state index in [0.29, 0.717) is 34.5 Å². The number of carbonyl (C=O) groups excluding carboxylic acids is 1. The third-order valence-electron chi connectivity index (χ3n) is 3.20. The van der Waals surface area contributed by atoms with Crippen molar-refractivity contribution in [1.29, 1.82) is 0 Å².